The first kappa shape index (κ1) is 48.1. The number of carbonyl (C=O) groups is 3. The number of methoxy groups -OCH3 is 1. The molecule has 318 valence electrons. The van der Waals surface area contributed by atoms with Gasteiger partial charge < -0.3 is 28.6 Å². The summed E-state index contributed by atoms with van der Waals surface area (Å²) in [7, 11) is 6.60. The first-order valence-electron chi connectivity index (χ1n) is 18.5. The Kier molecular flexibility index (Phi) is 18.0. The number of nitrogens with zero attached hydrogens (tertiary/aromatic N) is 6. The van der Waals surface area contributed by atoms with Crippen molar-refractivity contribution in [1.82, 2.24) is 25.0 Å². The number of benzene rings is 1. The van der Waals surface area contributed by atoms with Gasteiger partial charge >= 0.3 is 18.2 Å². The van der Waals surface area contributed by atoms with Crippen LogP contribution in [0.3, 0.4) is 0 Å². The highest BCUT2D eigenvalue weighted by Gasteiger charge is 2.32. The Bertz CT molecular complexity index is 1960. The van der Waals surface area contributed by atoms with Crippen molar-refractivity contribution >= 4 is 57.8 Å². The molecule has 18 heteroatoms. The number of aryl methyl sites for hydroxylation is 1. The van der Waals surface area contributed by atoms with Crippen LogP contribution in [0.2, 0.25) is 10.3 Å². The van der Waals surface area contributed by atoms with Crippen LogP contribution in [0.1, 0.15) is 80.0 Å². The molecular formula is C40H53Cl2FN6O8S. The van der Waals surface area contributed by atoms with Gasteiger partial charge in [-0.05, 0) is 99.2 Å². The molecule has 1 atom stereocenters. The number of hydrogen-bond donors (Lipinski definition) is 0. The molecule has 0 spiro atoms. The first-order chi connectivity index (χ1) is 27.1. The predicted octanol–water partition coefficient (Wildman–Crippen LogP) is 7.64. The molecule has 0 saturated carbocycles. The standard InChI is InChI=1S/C40H53Cl2FN6O8S/c1-25-28(34(42)46-45-33(25)41)23-27(54-21-19-48(10)37(51)56-39(2,3)4)24-49(38(52)57-40(5,6)7)36-44-32(35(50)53-11)31(58-36)15-13-20-55-30-17-16-26(22-29(30)43)14-12-18-47(8)9/h16-17,22,27H,13,15,18-21,23-24H2,1-11H3. The summed E-state index contributed by atoms with van der Waals surface area (Å²) in [6.07, 6.45) is -1.31. The zero-order valence-corrected chi connectivity index (χ0v) is 37.3. The second-order valence-corrected chi connectivity index (χ2v) is 17.2. The maximum absolute atomic E-state index is 14.8. The summed E-state index contributed by atoms with van der Waals surface area (Å²) in [6.45, 7) is 12.9. The number of thiazole rings is 1. The smallest absolute Gasteiger partial charge is 0.416 e. The minimum Gasteiger partial charge on any atom is -0.491 e. The number of anilines is 1. The van der Waals surface area contributed by atoms with Gasteiger partial charge in [0, 0.05) is 36.0 Å². The van der Waals surface area contributed by atoms with E-state index in [4.69, 9.17) is 46.9 Å². The van der Waals surface area contributed by atoms with Gasteiger partial charge in [0.25, 0.3) is 0 Å². The Morgan fingerprint density at radius 3 is 2.24 bits per heavy atom. The Labute approximate surface area is 354 Å². The molecule has 0 fully saturated rings. The van der Waals surface area contributed by atoms with Crippen LogP contribution in [0.5, 0.6) is 5.75 Å². The number of likely N-dealkylation sites (N-methyl/N-ethyl adjacent to an activating group) is 1. The number of rotatable bonds is 16. The van der Waals surface area contributed by atoms with Crippen molar-refractivity contribution in [3.63, 3.8) is 0 Å². The maximum Gasteiger partial charge on any atom is 0.416 e. The van der Waals surface area contributed by atoms with Crippen molar-refractivity contribution in [3.8, 4) is 17.6 Å². The van der Waals surface area contributed by atoms with E-state index in [0.29, 0.717) is 34.5 Å². The van der Waals surface area contributed by atoms with Crippen molar-refractivity contribution in [1.29, 1.82) is 0 Å². The molecule has 3 rings (SSSR count). The van der Waals surface area contributed by atoms with Crippen molar-refractivity contribution in [2.75, 3.05) is 66.0 Å². The number of ether oxygens (including phenoxy) is 5. The van der Waals surface area contributed by atoms with Gasteiger partial charge in [0.15, 0.2) is 32.7 Å². The van der Waals surface area contributed by atoms with Gasteiger partial charge in [-0.15, -0.1) is 21.5 Å². The van der Waals surface area contributed by atoms with Crippen LogP contribution in [0, 0.1) is 24.6 Å². The summed E-state index contributed by atoms with van der Waals surface area (Å²) >= 11 is 13.9. The molecule has 1 unspecified atom stereocenters. The number of halogens is 3. The molecule has 0 aliphatic carbocycles. The average molecular weight is 868 g/mol. The molecule has 2 amide bonds. The molecule has 3 aromatic rings. The van der Waals surface area contributed by atoms with E-state index in [9.17, 15) is 18.8 Å². The molecular weight excluding hydrogens is 814 g/mol. The maximum atomic E-state index is 14.8. The number of amides is 2. The minimum atomic E-state index is -0.904. The van der Waals surface area contributed by atoms with Gasteiger partial charge in [-0.2, -0.15) is 0 Å². The predicted molar refractivity (Wildman–Crippen MR) is 222 cm³/mol. The molecule has 2 heterocycles. The second-order valence-electron chi connectivity index (χ2n) is 15.5. The summed E-state index contributed by atoms with van der Waals surface area (Å²) in [5.41, 5.74) is 0.0403. The zero-order chi connectivity index (χ0) is 43.4. The highest BCUT2D eigenvalue weighted by molar-refractivity contribution is 7.16. The van der Waals surface area contributed by atoms with Crippen LogP contribution in [-0.2, 0) is 31.8 Å². The van der Waals surface area contributed by atoms with E-state index in [2.05, 4.69) is 27.0 Å². The SMILES string of the molecule is COC(=O)c1nc(N(CC(Cc2c(Cl)nnc(Cl)c2C)OCCN(C)C(=O)OC(C)(C)C)C(=O)OC(C)(C)C)sc1CCCOc1ccc(C#CCN(C)C)cc1F. The van der Waals surface area contributed by atoms with Gasteiger partial charge in [-0.3, -0.25) is 9.80 Å². The Hall–Kier alpha value is -4.27. The lowest BCUT2D eigenvalue weighted by Crippen LogP contribution is -2.43. The van der Waals surface area contributed by atoms with Gasteiger partial charge in [-0.1, -0.05) is 35.0 Å². The van der Waals surface area contributed by atoms with Crippen LogP contribution in [0.25, 0.3) is 0 Å². The lowest BCUT2D eigenvalue weighted by atomic mass is 10.1. The largest absolute Gasteiger partial charge is 0.491 e. The lowest BCUT2D eigenvalue weighted by Gasteiger charge is -2.30. The van der Waals surface area contributed by atoms with Gasteiger partial charge in [0.1, 0.15) is 11.2 Å². The topological polar surface area (TPSA) is 146 Å². The van der Waals surface area contributed by atoms with E-state index in [-0.39, 0.29) is 66.0 Å². The van der Waals surface area contributed by atoms with E-state index in [0.717, 1.165) is 11.3 Å². The van der Waals surface area contributed by atoms with Crippen molar-refractivity contribution in [2.24, 2.45) is 0 Å². The number of aromatic nitrogens is 3. The monoisotopic (exact) mass is 866 g/mol. The molecule has 0 radical (unpaired) electrons. The molecule has 0 saturated heterocycles. The third-order valence-electron chi connectivity index (χ3n) is 7.82. The van der Waals surface area contributed by atoms with Gasteiger partial charge in [0.05, 0.1) is 39.5 Å². The van der Waals surface area contributed by atoms with E-state index >= 15 is 0 Å². The van der Waals surface area contributed by atoms with Crippen molar-refractivity contribution < 1.29 is 42.5 Å². The highest BCUT2D eigenvalue weighted by Crippen LogP contribution is 2.32. The van der Waals surface area contributed by atoms with Crippen molar-refractivity contribution in [3.05, 3.63) is 61.6 Å². The summed E-state index contributed by atoms with van der Waals surface area (Å²) in [5, 5.41) is 8.21. The van der Waals surface area contributed by atoms with Crippen LogP contribution in [0.4, 0.5) is 19.1 Å². The fraction of sp³-hybridized carbons (Fsp3) is 0.550. The normalized spacial score (nSPS) is 12.1. The Morgan fingerprint density at radius 2 is 1.62 bits per heavy atom. The fourth-order valence-corrected chi connectivity index (χ4v) is 6.47. The molecule has 14 nitrogen and oxygen atoms in total. The molecule has 2 aromatic heterocycles. The van der Waals surface area contributed by atoms with E-state index < -0.39 is 41.3 Å². The Balaban J connectivity index is 1.91. The molecule has 58 heavy (non-hydrogen) atoms. The van der Waals surface area contributed by atoms with Crippen molar-refractivity contribution in [2.45, 2.75) is 85.0 Å². The number of hydrogen-bond acceptors (Lipinski definition) is 13. The average Bonchev–Trinajstić information content (AvgIpc) is 3.54. The third-order valence-corrected chi connectivity index (χ3v) is 9.62. The summed E-state index contributed by atoms with van der Waals surface area (Å²) in [6, 6.07) is 4.53. The summed E-state index contributed by atoms with van der Waals surface area (Å²) in [5.74, 6) is 4.70. The Morgan fingerprint density at radius 1 is 0.966 bits per heavy atom. The van der Waals surface area contributed by atoms with E-state index in [1.807, 2.05) is 19.0 Å². The van der Waals surface area contributed by atoms with Gasteiger partial charge in [0.2, 0.25) is 0 Å². The lowest BCUT2D eigenvalue weighted by molar-refractivity contribution is 0.0125. The molecule has 0 aliphatic rings. The summed E-state index contributed by atoms with van der Waals surface area (Å²) < 4.78 is 43.2. The molecule has 0 bridgehead atoms. The zero-order valence-electron chi connectivity index (χ0n) is 35.0. The van der Waals surface area contributed by atoms with Gasteiger partial charge in [-0.25, -0.2) is 23.8 Å². The highest BCUT2D eigenvalue weighted by atomic mass is 35.5. The second kappa shape index (κ2) is 21.7. The van der Waals surface area contributed by atoms with Crippen LogP contribution in [0.15, 0.2) is 18.2 Å². The molecule has 0 N–H and O–H groups in total. The van der Waals surface area contributed by atoms with E-state index in [1.54, 1.807) is 61.6 Å². The quantitative estimate of drug-likeness (QED) is 0.0604. The number of carbonyl (C=O) groups excluding carboxylic acids is 3. The van der Waals surface area contributed by atoms with Crippen LogP contribution in [-0.4, -0.2) is 122 Å². The minimum absolute atomic E-state index is 0.00310. The van der Waals surface area contributed by atoms with Crippen LogP contribution >= 0.6 is 34.5 Å². The molecule has 1 aromatic carbocycles. The summed E-state index contributed by atoms with van der Waals surface area (Å²) in [4.78, 5) is 49.3. The van der Waals surface area contributed by atoms with E-state index in [1.165, 1.54) is 29.0 Å². The molecule has 0 aliphatic heterocycles. The third kappa shape index (κ3) is 15.5. The van der Waals surface area contributed by atoms with Crippen LogP contribution < -0.4 is 9.64 Å². The number of esters is 1. The fourth-order valence-electron chi connectivity index (χ4n) is 4.97. The first-order valence-corrected chi connectivity index (χ1v) is 20.0.